The van der Waals surface area contributed by atoms with E-state index < -0.39 is 6.36 Å². The minimum absolute atomic E-state index is 0.329. The zero-order valence-corrected chi connectivity index (χ0v) is 8.11. The van der Waals surface area contributed by atoms with Gasteiger partial charge in [-0.15, -0.1) is 13.2 Å². The van der Waals surface area contributed by atoms with E-state index in [2.05, 4.69) is 25.7 Å². The van der Waals surface area contributed by atoms with Gasteiger partial charge in [0.15, 0.2) is 0 Å². The Morgan fingerprint density at radius 1 is 1.46 bits per heavy atom. The van der Waals surface area contributed by atoms with E-state index in [1.807, 2.05) is 0 Å². The first kappa shape index (κ1) is 10.3. The molecule has 0 aliphatic rings. The number of nitrogens with zero attached hydrogens (tertiary/aromatic N) is 1. The van der Waals surface area contributed by atoms with Gasteiger partial charge in [-0.3, -0.25) is 4.98 Å². The molecule has 2 nitrogen and oxygen atoms in total. The van der Waals surface area contributed by atoms with Crippen molar-refractivity contribution < 1.29 is 17.9 Å². The molecule has 13 heavy (non-hydrogen) atoms. The number of ether oxygens (including phenoxy) is 1. The van der Waals surface area contributed by atoms with Crippen molar-refractivity contribution in [2.24, 2.45) is 0 Å². The monoisotopic (exact) mass is 255 g/mol. The summed E-state index contributed by atoms with van der Waals surface area (Å²) in [6.45, 7) is 1.67. The van der Waals surface area contributed by atoms with E-state index in [4.69, 9.17) is 0 Å². The van der Waals surface area contributed by atoms with Gasteiger partial charge in [0.1, 0.15) is 5.75 Å². The number of alkyl halides is 3. The molecule has 72 valence electrons. The van der Waals surface area contributed by atoms with Gasteiger partial charge in [-0.1, -0.05) is 0 Å². The van der Waals surface area contributed by atoms with Gasteiger partial charge in [-0.25, -0.2) is 0 Å². The van der Waals surface area contributed by atoms with E-state index in [0.717, 1.165) is 6.20 Å². The second-order valence-corrected chi connectivity index (χ2v) is 3.14. The van der Waals surface area contributed by atoms with Crippen molar-refractivity contribution in [3.63, 3.8) is 0 Å². The molecule has 0 fully saturated rings. The number of rotatable bonds is 1. The normalized spacial score (nSPS) is 11.5. The lowest BCUT2D eigenvalue weighted by molar-refractivity contribution is -0.274. The Kier molecular flexibility index (Phi) is 2.80. The first-order valence-electron chi connectivity index (χ1n) is 3.26. The maximum atomic E-state index is 11.7. The number of pyridine rings is 1. The predicted octanol–water partition coefficient (Wildman–Crippen LogP) is 3.05. The van der Waals surface area contributed by atoms with E-state index in [-0.39, 0.29) is 5.75 Å². The highest BCUT2D eigenvalue weighted by molar-refractivity contribution is 9.10. The maximum Gasteiger partial charge on any atom is 0.573 e. The minimum atomic E-state index is -4.67. The number of aromatic nitrogens is 1. The van der Waals surface area contributed by atoms with Crippen molar-refractivity contribution in [2.75, 3.05) is 0 Å². The van der Waals surface area contributed by atoms with Gasteiger partial charge in [0, 0.05) is 4.47 Å². The minimum Gasteiger partial charge on any atom is -0.404 e. The molecule has 0 aliphatic carbocycles. The summed E-state index contributed by atoms with van der Waals surface area (Å²) in [5, 5.41) is 0. The zero-order chi connectivity index (χ0) is 10.1. The first-order valence-corrected chi connectivity index (χ1v) is 4.06. The molecule has 0 radical (unpaired) electrons. The van der Waals surface area contributed by atoms with Gasteiger partial charge in [0.2, 0.25) is 0 Å². The highest BCUT2D eigenvalue weighted by Gasteiger charge is 2.31. The summed E-state index contributed by atoms with van der Waals surface area (Å²) >= 11 is 3.04. The molecule has 1 heterocycles. The molecule has 0 spiro atoms. The van der Waals surface area contributed by atoms with Gasteiger partial charge in [-0.05, 0) is 28.9 Å². The van der Waals surface area contributed by atoms with E-state index >= 15 is 0 Å². The molecule has 1 aromatic rings. The van der Waals surface area contributed by atoms with Gasteiger partial charge in [-0.2, -0.15) is 0 Å². The second kappa shape index (κ2) is 3.53. The third-order valence-electron chi connectivity index (χ3n) is 1.23. The molecule has 0 aliphatic heterocycles. The lowest BCUT2D eigenvalue weighted by atomic mass is 10.4. The fourth-order valence-electron chi connectivity index (χ4n) is 0.678. The number of halogens is 4. The predicted molar refractivity (Wildman–Crippen MR) is 43.4 cm³/mol. The zero-order valence-electron chi connectivity index (χ0n) is 6.52. The number of hydrogen-bond acceptors (Lipinski definition) is 2. The molecule has 1 aromatic heterocycles. The van der Waals surface area contributed by atoms with Gasteiger partial charge in [0.05, 0.1) is 11.9 Å². The lowest BCUT2D eigenvalue weighted by Gasteiger charge is -2.08. The van der Waals surface area contributed by atoms with Crippen molar-refractivity contribution in [3.05, 3.63) is 22.4 Å². The Balaban J connectivity index is 2.86. The maximum absolute atomic E-state index is 11.7. The van der Waals surface area contributed by atoms with Gasteiger partial charge < -0.3 is 4.74 Å². The fourth-order valence-corrected chi connectivity index (χ4v) is 1.01. The van der Waals surface area contributed by atoms with Crippen molar-refractivity contribution in [1.29, 1.82) is 0 Å². The Bertz CT molecular complexity index is 313. The molecule has 0 bridgehead atoms. The molecule has 0 N–H and O–H groups in total. The number of aryl methyl sites for hydroxylation is 1. The van der Waals surface area contributed by atoms with Crippen LogP contribution >= 0.6 is 15.9 Å². The largest absolute Gasteiger partial charge is 0.573 e. The van der Waals surface area contributed by atoms with Crippen LogP contribution in [0, 0.1) is 6.92 Å². The van der Waals surface area contributed by atoms with Crippen LogP contribution in [0.2, 0.25) is 0 Å². The smallest absolute Gasteiger partial charge is 0.404 e. The number of hydrogen-bond donors (Lipinski definition) is 0. The molecular formula is C7H5BrF3NO. The summed E-state index contributed by atoms with van der Waals surface area (Å²) < 4.78 is 39.3. The molecule has 0 atom stereocenters. The summed E-state index contributed by atoms with van der Waals surface area (Å²) in [5.74, 6) is -0.329. The van der Waals surface area contributed by atoms with Crippen LogP contribution in [0.25, 0.3) is 0 Å². The van der Waals surface area contributed by atoms with Crippen LogP contribution in [0.4, 0.5) is 13.2 Å². The average molecular weight is 256 g/mol. The Morgan fingerprint density at radius 3 is 2.54 bits per heavy atom. The Morgan fingerprint density at radius 2 is 2.08 bits per heavy atom. The van der Waals surface area contributed by atoms with Crippen LogP contribution in [0.15, 0.2) is 16.7 Å². The van der Waals surface area contributed by atoms with Gasteiger partial charge >= 0.3 is 6.36 Å². The lowest BCUT2D eigenvalue weighted by Crippen LogP contribution is -2.17. The SMILES string of the molecule is Cc1ncc(OC(F)(F)F)cc1Br. The van der Waals surface area contributed by atoms with Crippen molar-refractivity contribution >= 4 is 15.9 Å². The van der Waals surface area contributed by atoms with Crippen LogP contribution in [-0.4, -0.2) is 11.3 Å². The second-order valence-electron chi connectivity index (χ2n) is 2.29. The molecule has 1 rings (SSSR count). The summed E-state index contributed by atoms with van der Waals surface area (Å²) in [6.07, 6.45) is -3.65. The van der Waals surface area contributed by atoms with Crippen LogP contribution in [-0.2, 0) is 0 Å². The van der Waals surface area contributed by atoms with Crippen molar-refractivity contribution in [2.45, 2.75) is 13.3 Å². The Labute approximate surface area is 80.9 Å². The molecule has 0 unspecified atom stereocenters. The van der Waals surface area contributed by atoms with Crippen molar-refractivity contribution in [1.82, 2.24) is 4.98 Å². The fraction of sp³-hybridized carbons (Fsp3) is 0.286. The summed E-state index contributed by atoms with van der Waals surface area (Å²) in [7, 11) is 0. The highest BCUT2D eigenvalue weighted by Crippen LogP contribution is 2.25. The third kappa shape index (κ3) is 3.22. The standard InChI is InChI=1S/C7H5BrF3NO/c1-4-6(8)2-5(3-12-4)13-7(9,10)11/h2-3H,1H3. The van der Waals surface area contributed by atoms with Crippen molar-refractivity contribution in [3.8, 4) is 5.75 Å². The molecule has 0 amide bonds. The van der Waals surface area contributed by atoms with Crippen LogP contribution < -0.4 is 4.74 Å². The highest BCUT2D eigenvalue weighted by atomic mass is 79.9. The Hall–Kier alpha value is -0.780. The summed E-state index contributed by atoms with van der Waals surface area (Å²) in [4.78, 5) is 3.69. The van der Waals surface area contributed by atoms with Gasteiger partial charge in [0.25, 0.3) is 0 Å². The summed E-state index contributed by atoms with van der Waals surface area (Å²) in [5.41, 5.74) is 0.606. The molecule has 0 saturated carbocycles. The molecule has 0 aromatic carbocycles. The van der Waals surface area contributed by atoms with E-state index in [0.29, 0.717) is 10.2 Å². The third-order valence-corrected chi connectivity index (χ3v) is 2.04. The molecule has 0 saturated heterocycles. The topological polar surface area (TPSA) is 22.1 Å². The molecular weight excluding hydrogens is 251 g/mol. The molecule has 6 heteroatoms. The van der Waals surface area contributed by atoms with Crippen LogP contribution in [0.3, 0.4) is 0 Å². The van der Waals surface area contributed by atoms with Crippen LogP contribution in [0.1, 0.15) is 5.69 Å². The summed E-state index contributed by atoms with van der Waals surface area (Å²) in [6, 6.07) is 1.22. The first-order chi connectivity index (χ1) is 5.88. The quantitative estimate of drug-likeness (QED) is 0.770. The van der Waals surface area contributed by atoms with E-state index in [1.54, 1.807) is 6.92 Å². The average Bonchev–Trinajstić information content (AvgIpc) is 1.94. The van der Waals surface area contributed by atoms with E-state index in [9.17, 15) is 13.2 Å². The van der Waals surface area contributed by atoms with Crippen LogP contribution in [0.5, 0.6) is 5.75 Å². The van der Waals surface area contributed by atoms with E-state index in [1.165, 1.54) is 6.07 Å².